The topological polar surface area (TPSA) is 35.5 Å². The fraction of sp³-hybridized carbons (Fsp3) is 0.321. The molecule has 0 atom stereocenters. The van der Waals surface area contributed by atoms with Crippen LogP contribution in [0.1, 0.15) is 49.7 Å². The molecule has 0 radical (unpaired) electrons. The monoisotopic (exact) mass is 522 g/mol. The van der Waals surface area contributed by atoms with Crippen LogP contribution in [-0.2, 0) is 4.79 Å². The third kappa shape index (κ3) is 5.17. The van der Waals surface area contributed by atoms with Crippen LogP contribution in [0.15, 0.2) is 36.4 Å². The highest BCUT2D eigenvalue weighted by molar-refractivity contribution is 5.75. The number of ether oxygens (including phenoxy) is 2. The second-order valence-corrected chi connectivity index (χ2v) is 8.98. The summed E-state index contributed by atoms with van der Waals surface area (Å²) in [4.78, 5) is 12.5. The molecule has 37 heavy (non-hydrogen) atoms. The highest BCUT2D eigenvalue weighted by atomic mass is 19.2. The molecule has 196 valence electrons. The van der Waals surface area contributed by atoms with E-state index in [4.69, 9.17) is 9.47 Å². The van der Waals surface area contributed by atoms with Crippen LogP contribution >= 0.6 is 0 Å². The summed E-state index contributed by atoms with van der Waals surface area (Å²) in [6.45, 7) is 3.09. The number of halogens is 6. The molecule has 3 nitrogen and oxygen atoms in total. The molecule has 0 amide bonds. The van der Waals surface area contributed by atoms with Crippen molar-refractivity contribution in [2.24, 2.45) is 5.92 Å². The molecule has 0 aromatic heterocycles. The van der Waals surface area contributed by atoms with E-state index < -0.39 is 69.6 Å². The Morgan fingerprint density at radius 1 is 0.730 bits per heavy atom. The second kappa shape index (κ2) is 10.9. The van der Waals surface area contributed by atoms with Crippen molar-refractivity contribution < 1.29 is 40.6 Å². The summed E-state index contributed by atoms with van der Waals surface area (Å²) in [5.74, 6) is -10.1. The van der Waals surface area contributed by atoms with Gasteiger partial charge in [0, 0.05) is 11.1 Å². The maximum atomic E-state index is 15.0. The maximum Gasteiger partial charge on any atom is 0.314 e. The molecule has 4 rings (SSSR count). The first kappa shape index (κ1) is 26.6. The van der Waals surface area contributed by atoms with E-state index in [0.717, 1.165) is 12.1 Å². The lowest BCUT2D eigenvalue weighted by molar-refractivity contribution is -0.140. The third-order valence-electron chi connectivity index (χ3n) is 6.70. The Bertz CT molecular complexity index is 1330. The van der Waals surface area contributed by atoms with Crippen molar-refractivity contribution in [1.29, 1.82) is 0 Å². The first-order valence-electron chi connectivity index (χ1n) is 11.9. The van der Waals surface area contributed by atoms with Crippen LogP contribution < -0.4 is 9.47 Å². The lowest BCUT2D eigenvalue weighted by Crippen LogP contribution is -2.26. The first-order chi connectivity index (χ1) is 17.6. The van der Waals surface area contributed by atoms with E-state index in [-0.39, 0.29) is 36.3 Å². The predicted octanol–water partition coefficient (Wildman–Crippen LogP) is 7.77. The van der Waals surface area contributed by atoms with Crippen molar-refractivity contribution >= 4 is 5.97 Å². The Kier molecular flexibility index (Phi) is 7.80. The molecule has 1 aliphatic carbocycles. The van der Waals surface area contributed by atoms with Crippen LogP contribution in [0.4, 0.5) is 26.3 Å². The Morgan fingerprint density at radius 3 is 1.95 bits per heavy atom. The van der Waals surface area contributed by atoms with Gasteiger partial charge in [-0.25, -0.2) is 17.6 Å². The minimum atomic E-state index is -1.35. The molecule has 0 saturated heterocycles. The Morgan fingerprint density at radius 2 is 1.30 bits per heavy atom. The minimum absolute atomic E-state index is 0.0616. The largest absolute Gasteiger partial charge is 0.491 e. The summed E-state index contributed by atoms with van der Waals surface area (Å²) >= 11 is 0. The zero-order valence-electron chi connectivity index (χ0n) is 20.1. The van der Waals surface area contributed by atoms with Crippen molar-refractivity contribution in [3.8, 4) is 22.6 Å². The van der Waals surface area contributed by atoms with Gasteiger partial charge in [0.05, 0.1) is 12.5 Å². The van der Waals surface area contributed by atoms with E-state index >= 15 is 4.39 Å². The Balaban J connectivity index is 1.47. The molecule has 1 saturated carbocycles. The van der Waals surface area contributed by atoms with Crippen molar-refractivity contribution in [3.63, 3.8) is 0 Å². The number of carbonyl (C=O) groups is 1. The van der Waals surface area contributed by atoms with Crippen LogP contribution in [0.5, 0.6) is 11.5 Å². The fourth-order valence-electron chi connectivity index (χ4n) is 4.63. The molecule has 1 aliphatic rings. The molecular formula is C28H24F6O3. The molecule has 0 aliphatic heterocycles. The lowest BCUT2D eigenvalue weighted by atomic mass is 9.78. The molecule has 0 spiro atoms. The van der Waals surface area contributed by atoms with Gasteiger partial charge in [-0.05, 0) is 74.8 Å². The van der Waals surface area contributed by atoms with Crippen LogP contribution in [0, 0.1) is 47.7 Å². The number of aryl methyl sites for hydroxylation is 1. The molecule has 0 N–H and O–H groups in total. The summed E-state index contributed by atoms with van der Waals surface area (Å²) in [7, 11) is 0. The van der Waals surface area contributed by atoms with Crippen LogP contribution in [0.3, 0.4) is 0 Å². The van der Waals surface area contributed by atoms with Crippen molar-refractivity contribution in [3.05, 3.63) is 82.4 Å². The quantitative estimate of drug-likeness (QED) is 0.188. The van der Waals surface area contributed by atoms with Gasteiger partial charge in [-0.3, -0.25) is 4.79 Å². The number of benzene rings is 3. The average Bonchev–Trinajstić information content (AvgIpc) is 2.89. The summed E-state index contributed by atoms with van der Waals surface area (Å²) in [6.07, 6.45) is 1.15. The lowest BCUT2D eigenvalue weighted by Gasteiger charge is -2.28. The van der Waals surface area contributed by atoms with Crippen molar-refractivity contribution in [2.75, 3.05) is 6.61 Å². The van der Waals surface area contributed by atoms with E-state index in [1.54, 1.807) is 6.92 Å². The molecule has 9 heteroatoms. The molecule has 0 heterocycles. The molecule has 3 aromatic carbocycles. The summed E-state index contributed by atoms with van der Waals surface area (Å²) in [5.41, 5.74) is -0.722. The standard InChI is InChI=1S/C28H24F6O3/c1-3-36-20-13-11-19(25(32)26(20)33)18-10-9-17(23(30)24(18)31)15-5-7-16(8-6-15)28(35)37-21-12-4-14(2)22(29)27(21)34/h4,9-13,15-16H,3,5-8H2,1-2H3. The zero-order chi connectivity index (χ0) is 26.9. The highest BCUT2D eigenvalue weighted by Crippen LogP contribution is 2.40. The highest BCUT2D eigenvalue weighted by Gasteiger charge is 2.32. The molecule has 0 unspecified atom stereocenters. The van der Waals surface area contributed by atoms with Gasteiger partial charge < -0.3 is 9.47 Å². The van der Waals surface area contributed by atoms with Gasteiger partial charge >= 0.3 is 5.97 Å². The third-order valence-corrected chi connectivity index (χ3v) is 6.70. The van der Waals surface area contributed by atoms with Crippen molar-refractivity contribution in [2.45, 2.75) is 45.4 Å². The van der Waals surface area contributed by atoms with Gasteiger partial charge in [-0.15, -0.1) is 0 Å². The Hall–Kier alpha value is -3.49. The molecule has 3 aromatic rings. The van der Waals surface area contributed by atoms with Gasteiger partial charge in [0.1, 0.15) is 0 Å². The normalized spacial score (nSPS) is 17.5. The number of hydrogen-bond acceptors (Lipinski definition) is 3. The van der Waals surface area contributed by atoms with Crippen LogP contribution in [-0.4, -0.2) is 12.6 Å². The van der Waals surface area contributed by atoms with Crippen LogP contribution in [0.2, 0.25) is 0 Å². The second-order valence-electron chi connectivity index (χ2n) is 8.98. The van der Waals surface area contributed by atoms with Crippen molar-refractivity contribution in [1.82, 2.24) is 0 Å². The maximum absolute atomic E-state index is 15.0. The van der Waals surface area contributed by atoms with E-state index in [2.05, 4.69) is 0 Å². The van der Waals surface area contributed by atoms with E-state index in [0.29, 0.717) is 12.8 Å². The van der Waals surface area contributed by atoms with Gasteiger partial charge in [0.15, 0.2) is 34.8 Å². The van der Waals surface area contributed by atoms with Gasteiger partial charge in [0.25, 0.3) is 0 Å². The predicted molar refractivity (Wildman–Crippen MR) is 124 cm³/mol. The fourth-order valence-corrected chi connectivity index (χ4v) is 4.63. The van der Waals surface area contributed by atoms with E-state index in [1.165, 1.54) is 31.2 Å². The number of carbonyl (C=O) groups excluding carboxylic acids is 1. The average molecular weight is 522 g/mol. The zero-order valence-corrected chi connectivity index (χ0v) is 20.1. The van der Waals surface area contributed by atoms with Gasteiger partial charge in [0.2, 0.25) is 11.6 Å². The first-order valence-corrected chi connectivity index (χ1v) is 11.9. The minimum Gasteiger partial charge on any atom is -0.491 e. The van der Waals surface area contributed by atoms with E-state index in [9.17, 15) is 26.7 Å². The van der Waals surface area contributed by atoms with Gasteiger partial charge in [-0.1, -0.05) is 18.2 Å². The smallest absolute Gasteiger partial charge is 0.314 e. The number of hydrogen-bond donors (Lipinski definition) is 0. The number of esters is 1. The SMILES string of the molecule is CCOc1ccc(-c2ccc(C3CCC(C(=O)Oc4ccc(C)c(F)c4F)CC3)c(F)c2F)c(F)c1F. The van der Waals surface area contributed by atoms with Gasteiger partial charge in [-0.2, -0.15) is 8.78 Å². The summed E-state index contributed by atoms with van der Waals surface area (Å²) in [6, 6.07) is 7.28. The summed E-state index contributed by atoms with van der Waals surface area (Å²) in [5, 5.41) is 0. The molecule has 0 bridgehead atoms. The van der Waals surface area contributed by atoms with Crippen LogP contribution in [0.25, 0.3) is 11.1 Å². The van der Waals surface area contributed by atoms with E-state index in [1.807, 2.05) is 0 Å². The summed E-state index contributed by atoms with van der Waals surface area (Å²) < 4.78 is 96.6. The molecule has 1 fully saturated rings. The molecular weight excluding hydrogens is 498 g/mol. The number of rotatable bonds is 6. The Labute approximate surface area is 210 Å².